The summed E-state index contributed by atoms with van der Waals surface area (Å²) in [5, 5.41) is 0. The van der Waals surface area contributed by atoms with Crippen molar-refractivity contribution in [1.29, 1.82) is 0 Å². The number of para-hydroxylation sites is 1. The van der Waals surface area contributed by atoms with Gasteiger partial charge in [-0.05, 0) is 142 Å². The molecule has 4 atom stereocenters. The van der Waals surface area contributed by atoms with Crippen LogP contribution in [0.2, 0.25) is 0 Å². The van der Waals surface area contributed by atoms with E-state index in [1.54, 1.807) is 5.56 Å². The van der Waals surface area contributed by atoms with Gasteiger partial charge in [-0.2, -0.15) is 0 Å². The second-order valence-corrected chi connectivity index (χ2v) is 25.5. The van der Waals surface area contributed by atoms with Crippen molar-refractivity contribution in [1.82, 2.24) is 0 Å². The molecule has 4 unspecified atom stereocenters. The Kier molecular flexibility index (Phi) is 8.97. The summed E-state index contributed by atoms with van der Waals surface area (Å²) in [7, 11) is 0. The first kappa shape index (κ1) is 43.1. The van der Waals surface area contributed by atoms with Crippen LogP contribution < -0.4 is 31.1 Å². The maximum absolute atomic E-state index is 2.93. The molecule has 0 spiro atoms. The second kappa shape index (κ2) is 14.0. The van der Waals surface area contributed by atoms with Crippen LogP contribution >= 0.6 is 0 Å². The fourth-order valence-corrected chi connectivity index (χ4v) is 14.9. The summed E-state index contributed by atoms with van der Waals surface area (Å²) in [4.78, 5) is 8.53. The number of hydrogen-bond donors (Lipinski definition) is 0. The predicted octanol–water partition coefficient (Wildman–Crippen LogP) is 14.7. The first-order valence-electron chi connectivity index (χ1n) is 25.9. The first-order chi connectivity index (χ1) is 31.7. The van der Waals surface area contributed by atoms with Crippen LogP contribution in [0.1, 0.15) is 168 Å². The van der Waals surface area contributed by atoms with Crippen LogP contribution in [0.3, 0.4) is 0 Å². The Bertz CT molecular complexity index is 3020. The highest BCUT2D eigenvalue weighted by Crippen LogP contribution is 2.66. The van der Waals surface area contributed by atoms with Crippen LogP contribution in [0.15, 0.2) is 121 Å². The van der Waals surface area contributed by atoms with E-state index in [2.05, 4.69) is 219 Å². The number of anilines is 7. The van der Waals surface area contributed by atoms with Gasteiger partial charge in [0.25, 0.3) is 6.71 Å². The fraction of sp³-hybridized carbons (Fsp3) is 0.429. The lowest BCUT2D eigenvalue weighted by atomic mass is 9.33. The van der Waals surface area contributed by atoms with Crippen LogP contribution in [-0.2, 0) is 27.1 Å². The van der Waals surface area contributed by atoms with Crippen molar-refractivity contribution in [2.45, 2.75) is 173 Å². The van der Waals surface area contributed by atoms with E-state index in [0.29, 0.717) is 0 Å². The van der Waals surface area contributed by atoms with Gasteiger partial charge in [0.2, 0.25) is 0 Å². The normalized spacial score (nSPS) is 25.9. The fourth-order valence-electron chi connectivity index (χ4n) is 14.9. The maximum Gasteiger partial charge on any atom is 0.252 e. The average molecular weight is 882 g/mol. The molecule has 2 fully saturated rings. The van der Waals surface area contributed by atoms with Gasteiger partial charge < -0.3 is 14.7 Å². The third-order valence-corrected chi connectivity index (χ3v) is 18.7. The Morgan fingerprint density at radius 2 is 1.07 bits per heavy atom. The monoisotopic (exact) mass is 882 g/mol. The number of fused-ring (bicyclic) bond motifs is 10. The van der Waals surface area contributed by atoms with E-state index < -0.39 is 0 Å². The van der Waals surface area contributed by atoms with Gasteiger partial charge in [0, 0.05) is 50.6 Å². The highest BCUT2D eigenvalue weighted by molar-refractivity contribution is 7.00. The Balaban J connectivity index is 1.22. The van der Waals surface area contributed by atoms with E-state index in [-0.39, 0.29) is 44.9 Å². The molecular weight excluding hydrogens is 810 g/mol. The number of rotatable bonds is 3. The molecule has 2 aliphatic carbocycles. The minimum Gasteiger partial charge on any atom is -0.335 e. The lowest BCUT2D eigenvalue weighted by molar-refractivity contribution is 0.195. The van der Waals surface area contributed by atoms with Crippen molar-refractivity contribution in [2.24, 2.45) is 0 Å². The molecule has 12 rings (SSSR count). The van der Waals surface area contributed by atoms with Crippen molar-refractivity contribution in [2.75, 3.05) is 14.7 Å². The van der Waals surface area contributed by atoms with Crippen LogP contribution in [0.4, 0.5) is 39.8 Å². The minimum absolute atomic E-state index is 0.00185. The highest BCUT2D eigenvalue weighted by atomic mass is 15.3. The molecular formula is C63H72BN3. The summed E-state index contributed by atoms with van der Waals surface area (Å²) in [5.74, 6) is 0. The van der Waals surface area contributed by atoms with E-state index in [4.69, 9.17) is 0 Å². The Morgan fingerprint density at radius 3 is 1.81 bits per heavy atom. The molecule has 6 aromatic carbocycles. The second-order valence-electron chi connectivity index (χ2n) is 25.5. The molecule has 0 aromatic heterocycles. The number of hydrogen-bond acceptors (Lipinski definition) is 3. The van der Waals surface area contributed by atoms with Crippen LogP contribution in [0.5, 0.6) is 0 Å². The third-order valence-electron chi connectivity index (χ3n) is 18.7. The molecule has 0 N–H and O–H groups in total. The molecule has 4 aliphatic heterocycles. The molecule has 4 heterocycles. The topological polar surface area (TPSA) is 9.72 Å². The molecule has 0 radical (unpaired) electrons. The van der Waals surface area contributed by atoms with Gasteiger partial charge in [0.15, 0.2) is 0 Å². The van der Waals surface area contributed by atoms with Gasteiger partial charge in [0.05, 0.1) is 11.1 Å². The first-order valence-corrected chi connectivity index (χ1v) is 25.9. The van der Waals surface area contributed by atoms with Crippen molar-refractivity contribution in [3.05, 3.63) is 155 Å². The maximum atomic E-state index is 2.93. The van der Waals surface area contributed by atoms with E-state index in [9.17, 15) is 0 Å². The number of benzene rings is 6. The van der Waals surface area contributed by atoms with Gasteiger partial charge >= 0.3 is 0 Å². The third kappa shape index (κ3) is 5.65. The van der Waals surface area contributed by atoms with Crippen LogP contribution in [0.25, 0.3) is 0 Å². The Morgan fingerprint density at radius 1 is 0.448 bits per heavy atom. The predicted molar refractivity (Wildman–Crippen MR) is 287 cm³/mol. The van der Waals surface area contributed by atoms with E-state index in [1.807, 2.05) is 0 Å². The standard InChI is InChI=1S/C63H72BN3/c1-57(2,3)42-24-20-25-45(36-42)65-52-38-44(59(7,8)9)28-30-49(52)64-50-27-21-26-47-56(50)67(61(11)33-17-16-32-60(47,61)10)54-40-46(39-53(65)55(54)64)66-51-31-29-43(58(4,5)6)37-48(51)63(41-22-14-13-15-23-41)35-19-18-34-62(63,66)12/h13-15,20-31,36-40H,16-19,32-35H2,1-12H3. The lowest BCUT2D eigenvalue weighted by Gasteiger charge is -2.54. The van der Waals surface area contributed by atoms with E-state index in [0.717, 1.165) is 12.8 Å². The summed E-state index contributed by atoms with van der Waals surface area (Å²) in [6.45, 7) is 29.3. The van der Waals surface area contributed by atoms with E-state index in [1.165, 1.54) is 123 Å². The highest BCUT2D eigenvalue weighted by Gasteiger charge is 2.64. The molecule has 4 heteroatoms. The Labute approximate surface area is 403 Å². The molecule has 0 bridgehead atoms. The quantitative estimate of drug-likeness (QED) is 0.164. The van der Waals surface area contributed by atoms with Gasteiger partial charge in [-0.25, -0.2) is 0 Å². The molecule has 342 valence electrons. The molecule has 2 saturated carbocycles. The zero-order valence-corrected chi connectivity index (χ0v) is 42.6. The van der Waals surface area contributed by atoms with Crippen molar-refractivity contribution < 1.29 is 0 Å². The summed E-state index contributed by atoms with van der Waals surface area (Å²) >= 11 is 0. The van der Waals surface area contributed by atoms with Crippen molar-refractivity contribution in [3.8, 4) is 0 Å². The molecule has 6 aromatic rings. The summed E-state index contributed by atoms with van der Waals surface area (Å²) in [6, 6.07) is 49.1. The minimum atomic E-state index is -0.208. The molecule has 0 saturated heterocycles. The zero-order chi connectivity index (χ0) is 46.8. The van der Waals surface area contributed by atoms with Crippen LogP contribution in [0, 0.1) is 0 Å². The SMILES string of the molecule is CC(C)(C)c1cccc(N2c3cc(C(C)(C)C)ccc3B3c4cccc5c4N(c4cc(N6c7ccc(C(C)(C)C)cc7C7(c8ccccc8)CCCCC67C)cc2c43)C2(C)CCCCC52C)c1. The summed E-state index contributed by atoms with van der Waals surface area (Å²) in [5.41, 5.74) is 22.1. The van der Waals surface area contributed by atoms with Gasteiger partial charge in [-0.3, -0.25) is 0 Å². The molecule has 6 aliphatic rings. The molecule has 3 nitrogen and oxygen atoms in total. The van der Waals surface area contributed by atoms with E-state index >= 15 is 0 Å². The lowest BCUT2D eigenvalue weighted by Crippen LogP contribution is -2.64. The number of nitrogens with zero attached hydrogens (tertiary/aromatic N) is 3. The summed E-state index contributed by atoms with van der Waals surface area (Å²) < 4.78 is 0. The summed E-state index contributed by atoms with van der Waals surface area (Å²) in [6.07, 6.45) is 9.64. The van der Waals surface area contributed by atoms with Crippen molar-refractivity contribution in [3.63, 3.8) is 0 Å². The largest absolute Gasteiger partial charge is 0.335 e. The zero-order valence-electron chi connectivity index (χ0n) is 42.6. The van der Waals surface area contributed by atoms with Crippen molar-refractivity contribution >= 4 is 62.9 Å². The molecule has 67 heavy (non-hydrogen) atoms. The van der Waals surface area contributed by atoms with Gasteiger partial charge in [-0.15, -0.1) is 0 Å². The van der Waals surface area contributed by atoms with Gasteiger partial charge in [0.1, 0.15) is 0 Å². The molecule has 0 amide bonds. The smallest absolute Gasteiger partial charge is 0.252 e. The average Bonchev–Trinajstić information content (AvgIpc) is 3.66. The van der Waals surface area contributed by atoms with Gasteiger partial charge in [-0.1, -0.05) is 180 Å². The Hall–Kier alpha value is -5.22. The van der Waals surface area contributed by atoms with Crippen LogP contribution in [-0.4, -0.2) is 17.8 Å².